The van der Waals surface area contributed by atoms with Crippen molar-refractivity contribution in [1.82, 2.24) is 4.98 Å². The largest absolute Gasteiger partial charge is 0.396 e. The van der Waals surface area contributed by atoms with Gasteiger partial charge in [-0.1, -0.05) is 13.8 Å². The molecule has 1 aromatic heterocycles. The van der Waals surface area contributed by atoms with Gasteiger partial charge in [-0.15, -0.1) is 0 Å². The Morgan fingerprint density at radius 3 is 2.21 bits per heavy atom. The molecule has 1 atom stereocenters. The lowest BCUT2D eigenvalue weighted by atomic mass is 9.71. The van der Waals surface area contributed by atoms with Gasteiger partial charge in [-0.25, -0.2) is 0 Å². The van der Waals surface area contributed by atoms with Crippen molar-refractivity contribution in [2.45, 2.75) is 26.3 Å². The van der Waals surface area contributed by atoms with Gasteiger partial charge in [0.05, 0.1) is 6.61 Å². The third-order valence-electron chi connectivity index (χ3n) is 3.08. The van der Waals surface area contributed by atoms with Crippen LogP contribution in [0.1, 0.15) is 26.3 Å². The summed E-state index contributed by atoms with van der Waals surface area (Å²) in [5.74, 6) is 0. The number of aromatic nitrogens is 1. The Morgan fingerprint density at radius 2 is 1.79 bits per heavy atom. The molecule has 0 fully saturated rings. The van der Waals surface area contributed by atoms with Gasteiger partial charge in [0.25, 0.3) is 0 Å². The second-order valence-corrected chi connectivity index (χ2v) is 4.48. The molecule has 0 aliphatic rings. The van der Waals surface area contributed by atoms with Crippen LogP contribution < -0.4 is 5.73 Å². The molecular formula is C11H18N2O. The molecule has 3 nitrogen and oxygen atoms in total. The van der Waals surface area contributed by atoms with E-state index in [1.54, 1.807) is 12.4 Å². The van der Waals surface area contributed by atoms with E-state index in [4.69, 9.17) is 5.73 Å². The van der Waals surface area contributed by atoms with Crippen LogP contribution >= 0.6 is 0 Å². The topological polar surface area (TPSA) is 59.1 Å². The van der Waals surface area contributed by atoms with Crippen molar-refractivity contribution >= 4 is 0 Å². The number of aliphatic hydroxyl groups excluding tert-OH is 1. The predicted octanol–water partition coefficient (Wildman–Crippen LogP) is 1.27. The quantitative estimate of drug-likeness (QED) is 0.762. The summed E-state index contributed by atoms with van der Waals surface area (Å²) in [6, 6.07) is 3.77. The fourth-order valence-electron chi connectivity index (χ4n) is 1.25. The summed E-state index contributed by atoms with van der Waals surface area (Å²) in [5.41, 5.74) is 6.33. The van der Waals surface area contributed by atoms with Crippen LogP contribution in [-0.2, 0) is 5.54 Å². The lowest BCUT2D eigenvalue weighted by Gasteiger charge is -2.40. The van der Waals surface area contributed by atoms with Crippen LogP contribution in [0.25, 0.3) is 0 Å². The average Bonchev–Trinajstić information content (AvgIpc) is 2.19. The molecule has 0 spiro atoms. The highest BCUT2D eigenvalue weighted by atomic mass is 16.3. The number of rotatable bonds is 3. The minimum atomic E-state index is -0.551. The molecule has 1 aromatic rings. The maximum Gasteiger partial charge on any atom is 0.0502 e. The van der Waals surface area contributed by atoms with Gasteiger partial charge in [-0.3, -0.25) is 4.98 Å². The Kier molecular flexibility index (Phi) is 2.92. The summed E-state index contributed by atoms with van der Waals surface area (Å²) in [5, 5.41) is 9.30. The summed E-state index contributed by atoms with van der Waals surface area (Å²) in [6.45, 7) is 5.89. The normalized spacial score (nSPS) is 16.4. The molecule has 3 N–H and O–H groups in total. The first kappa shape index (κ1) is 11.1. The van der Waals surface area contributed by atoms with Crippen LogP contribution in [0.3, 0.4) is 0 Å². The first-order chi connectivity index (χ1) is 6.42. The molecule has 78 valence electrons. The number of pyridine rings is 1. The van der Waals surface area contributed by atoms with Gasteiger partial charge in [0, 0.05) is 23.3 Å². The molecule has 0 aliphatic carbocycles. The fraction of sp³-hybridized carbons (Fsp3) is 0.545. The fourth-order valence-corrected chi connectivity index (χ4v) is 1.25. The Hall–Kier alpha value is -0.930. The zero-order chi connectivity index (χ0) is 10.8. The number of hydrogen-bond donors (Lipinski definition) is 2. The lowest BCUT2D eigenvalue weighted by molar-refractivity contribution is 0.0810. The van der Waals surface area contributed by atoms with Crippen LogP contribution in [0, 0.1) is 5.41 Å². The summed E-state index contributed by atoms with van der Waals surface area (Å²) < 4.78 is 0. The predicted molar refractivity (Wildman–Crippen MR) is 56.6 cm³/mol. The molecule has 1 heterocycles. The van der Waals surface area contributed by atoms with E-state index < -0.39 is 5.54 Å². The van der Waals surface area contributed by atoms with Crippen LogP contribution in [-0.4, -0.2) is 16.7 Å². The number of nitrogens with zero attached hydrogens (tertiary/aromatic N) is 1. The molecule has 0 unspecified atom stereocenters. The van der Waals surface area contributed by atoms with Crippen LogP contribution in [0.4, 0.5) is 0 Å². The zero-order valence-corrected chi connectivity index (χ0v) is 8.99. The van der Waals surface area contributed by atoms with Gasteiger partial charge >= 0.3 is 0 Å². The van der Waals surface area contributed by atoms with Crippen molar-refractivity contribution < 1.29 is 5.11 Å². The summed E-state index contributed by atoms with van der Waals surface area (Å²) in [7, 11) is 0. The molecule has 1 rings (SSSR count). The minimum Gasteiger partial charge on any atom is -0.396 e. The number of aliphatic hydroxyl groups is 1. The second-order valence-electron chi connectivity index (χ2n) is 4.48. The second kappa shape index (κ2) is 3.67. The number of nitrogens with two attached hydrogens (primary N) is 1. The van der Waals surface area contributed by atoms with E-state index in [0.717, 1.165) is 5.56 Å². The molecule has 0 bridgehead atoms. The summed E-state index contributed by atoms with van der Waals surface area (Å²) in [6.07, 6.45) is 3.43. The smallest absolute Gasteiger partial charge is 0.0502 e. The van der Waals surface area contributed by atoms with E-state index in [2.05, 4.69) is 4.98 Å². The Labute approximate surface area is 85.0 Å². The van der Waals surface area contributed by atoms with E-state index in [-0.39, 0.29) is 12.0 Å². The van der Waals surface area contributed by atoms with E-state index in [1.165, 1.54) is 0 Å². The van der Waals surface area contributed by atoms with Gasteiger partial charge in [-0.05, 0) is 24.6 Å². The van der Waals surface area contributed by atoms with Crippen LogP contribution in [0.5, 0.6) is 0 Å². The Balaban J connectivity index is 3.08. The number of hydrogen-bond acceptors (Lipinski definition) is 3. The standard InChI is InChI=1S/C11H18N2O/c1-10(2,8-14)11(3,12)9-4-6-13-7-5-9/h4-7,14H,8,12H2,1-3H3/t11-/m0/s1. The molecule has 0 saturated carbocycles. The SMILES string of the molecule is CC(C)(CO)[C@@](C)(N)c1ccncc1. The van der Waals surface area contributed by atoms with E-state index in [9.17, 15) is 5.11 Å². The Bertz CT molecular complexity index is 293. The van der Waals surface area contributed by atoms with Gasteiger partial charge in [-0.2, -0.15) is 0 Å². The first-order valence-electron chi connectivity index (χ1n) is 4.72. The lowest BCUT2D eigenvalue weighted by Crippen LogP contribution is -2.49. The maximum absolute atomic E-state index is 9.30. The third-order valence-corrected chi connectivity index (χ3v) is 3.08. The van der Waals surface area contributed by atoms with Crippen molar-refractivity contribution in [1.29, 1.82) is 0 Å². The molecule has 0 aliphatic heterocycles. The highest BCUT2D eigenvalue weighted by Gasteiger charge is 2.38. The molecule has 0 radical (unpaired) electrons. The van der Waals surface area contributed by atoms with Crippen LogP contribution in [0.2, 0.25) is 0 Å². The molecule has 0 amide bonds. The van der Waals surface area contributed by atoms with E-state index in [1.807, 2.05) is 32.9 Å². The van der Waals surface area contributed by atoms with Gasteiger partial charge in [0.15, 0.2) is 0 Å². The maximum atomic E-state index is 9.30. The monoisotopic (exact) mass is 194 g/mol. The molecular weight excluding hydrogens is 176 g/mol. The van der Waals surface area contributed by atoms with Gasteiger partial charge < -0.3 is 10.8 Å². The minimum absolute atomic E-state index is 0.0579. The average molecular weight is 194 g/mol. The van der Waals surface area contributed by atoms with Crippen LogP contribution in [0.15, 0.2) is 24.5 Å². The highest BCUT2D eigenvalue weighted by molar-refractivity contribution is 5.23. The molecule has 3 heteroatoms. The van der Waals surface area contributed by atoms with Crippen molar-refractivity contribution in [2.75, 3.05) is 6.61 Å². The van der Waals surface area contributed by atoms with Gasteiger partial charge in [0.1, 0.15) is 0 Å². The van der Waals surface area contributed by atoms with Crippen molar-refractivity contribution in [3.63, 3.8) is 0 Å². The zero-order valence-electron chi connectivity index (χ0n) is 8.99. The van der Waals surface area contributed by atoms with Crippen molar-refractivity contribution in [3.05, 3.63) is 30.1 Å². The third kappa shape index (κ3) is 1.79. The van der Waals surface area contributed by atoms with Crippen molar-refractivity contribution in [2.24, 2.45) is 11.1 Å². The molecule has 14 heavy (non-hydrogen) atoms. The summed E-state index contributed by atoms with van der Waals surface area (Å²) in [4.78, 5) is 3.95. The highest BCUT2D eigenvalue weighted by Crippen LogP contribution is 2.36. The van der Waals surface area contributed by atoms with Gasteiger partial charge in [0.2, 0.25) is 0 Å². The Morgan fingerprint density at radius 1 is 1.29 bits per heavy atom. The molecule has 0 saturated heterocycles. The first-order valence-corrected chi connectivity index (χ1v) is 4.72. The molecule has 0 aromatic carbocycles. The van der Waals surface area contributed by atoms with E-state index >= 15 is 0 Å². The van der Waals surface area contributed by atoms with Crippen molar-refractivity contribution in [3.8, 4) is 0 Å². The summed E-state index contributed by atoms with van der Waals surface area (Å²) >= 11 is 0. The van der Waals surface area contributed by atoms with E-state index in [0.29, 0.717) is 0 Å².